The molecule has 2 aromatic carbocycles. The quantitative estimate of drug-likeness (QED) is 0.676. The van der Waals surface area contributed by atoms with E-state index in [0.717, 1.165) is 11.3 Å². The van der Waals surface area contributed by atoms with Gasteiger partial charge in [-0.15, -0.1) is 0 Å². The van der Waals surface area contributed by atoms with Gasteiger partial charge in [-0.05, 0) is 29.8 Å². The first kappa shape index (κ1) is 14.1. The molecule has 0 unspecified atom stereocenters. The van der Waals surface area contributed by atoms with Crippen molar-refractivity contribution in [1.82, 2.24) is 5.01 Å². The third-order valence-corrected chi connectivity index (χ3v) is 2.82. The molecule has 4 nitrogen and oxygen atoms in total. The van der Waals surface area contributed by atoms with Gasteiger partial charge >= 0.3 is 6.03 Å². The van der Waals surface area contributed by atoms with Gasteiger partial charge in [0.2, 0.25) is 0 Å². The number of carbonyl (C=O) groups is 1. The van der Waals surface area contributed by atoms with Gasteiger partial charge in [0, 0.05) is 17.8 Å². The lowest BCUT2D eigenvalue weighted by Gasteiger charge is -2.12. The van der Waals surface area contributed by atoms with Crippen LogP contribution in [-0.4, -0.2) is 24.3 Å². The van der Waals surface area contributed by atoms with Crippen molar-refractivity contribution in [3.8, 4) is 0 Å². The topological polar surface area (TPSA) is 44.7 Å². The first-order valence-corrected chi connectivity index (χ1v) is 6.42. The molecule has 0 spiro atoms. The van der Waals surface area contributed by atoms with Gasteiger partial charge in [-0.1, -0.05) is 41.9 Å². The second-order valence-electron chi connectivity index (χ2n) is 4.12. The van der Waals surface area contributed by atoms with Crippen molar-refractivity contribution in [2.24, 2.45) is 5.10 Å². The highest BCUT2D eigenvalue weighted by molar-refractivity contribution is 6.30. The van der Waals surface area contributed by atoms with Crippen molar-refractivity contribution in [2.45, 2.75) is 0 Å². The Hall–Kier alpha value is -2.33. The highest BCUT2D eigenvalue weighted by Gasteiger charge is 2.06. The van der Waals surface area contributed by atoms with Crippen molar-refractivity contribution < 1.29 is 4.79 Å². The van der Waals surface area contributed by atoms with Gasteiger partial charge in [-0.3, -0.25) is 0 Å². The van der Waals surface area contributed by atoms with E-state index in [-0.39, 0.29) is 6.03 Å². The summed E-state index contributed by atoms with van der Waals surface area (Å²) in [6.45, 7) is 0. The number of hydrogen-bond donors (Lipinski definition) is 1. The fraction of sp³-hybridized carbons (Fsp3) is 0.0667. The van der Waals surface area contributed by atoms with E-state index in [9.17, 15) is 4.79 Å². The lowest BCUT2D eigenvalue weighted by atomic mass is 10.2. The van der Waals surface area contributed by atoms with Crippen LogP contribution in [0.25, 0.3) is 0 Å². The maximum atomic E-state index is 11.9. The predicted octanol–water partition coefficient (Wildman–Crippen LogP) is 3.84. The van der Waals surface area contributed by atoms with Crippen LogP contribution in [0.15, 0.2) is 59.7 Å². The Morgan fingerprint density at radius 3 is 2.45 bits per heavy atom. The summed E-state index contributed by atoms with van der Waals surface area (Å²) >= 11 is 5.80. The van der Waals surface area contributed by atoms with Crippen molar-refractivity contribution in [2.75, 3.05) is 12.4 Å². The van der Waals surface area contributed by atoms with Gasteiger partial charge in [0.25, 0.3) is 0 Å². The minimum atomic E-state index is -0.304. The van der Waals surface area contributed by atoms with E-state index in [0.29, 0.717) is 5.02 Å². The molecule has 0 heterocycles. The molecule has 0 saturated carbocycles. The number of hydrogen-bond acceptors (Lipinski definition) is 2. The van der Waals surface area contributed by atoms with E-state index in [1.807, 2.05) is 42.5 Å². The van der Waals surface area contributed by atoms with Crippen LogP contribution in [0, 0.1) is 0 Å². The normalized spacial score (nSPS) is 10.5. The number of hydrazone groups is 1. The third-order valence-electron chi connectivity index (χ3n) is 2.57. The Labute approximate surface area is 122 Å². The fourth-order valence-corrected chi connectivity index (χ4v) is 1.61. The molecule has 2 amide bonds. The molecule has 102 valence electrons. The van der Waals surface area contributed by atoms with E-state index in [1.54, 1.807) is 25.4 Å². The van der Waals surface area contributed by atoms with Gasteiger partial charge in [0.1, 0.15) is 0 Å². The summed E-state index contributed by atoms with van der Waals surface area (Å²) in [5.41, 5.74) is 1.60. The van der Waals surface area contributed by atoms with Gasteiger partial charge < -0.3 is 5.32 Å². The molecule has 0 aliphatic heterocycles. The summed E-state index contributed by atoms with van der Waals surface area (Å²) in [4.78, 5) is 11.9. The number of rotatable bonds is 3. The number of halogens is 1. The number of carbonyl (C=O) groups excluding carboxylic acids is 1. The van der Waals surface area contributed by atoms with E-state index >= 15 is 0 Å². The van der Waals surface area contributed by atoms with E-state index in [2.05, 4.69) is 10.4 Å². The molecular weight excluding hydrogens is 274 g/mol. The van der Waals surface area contributed by atoms with Crippen molar-refractivity contribution in [1.29, 1.82) is 0 Å². The number of amides is 2. The van der Waals surface area contributed by atoms with Crippen molar-refractivity contribution in [3.63, 3.8) is 0 Å². The Balaban J connectivity index is 1.95. The average Bonchev–Trinajstić information content (AvgIpc) is 2.47. The summed E-state index contributed by atoms with van der Waals surface area (Å²) in [6.07, 6.45) is 1.60. The zero-order valence-corrected chi connectivity index (χ0v) is 11.7. The predicted molar refractivity (Wildman–Crippen MR) is 82.3 cm³/mol. The maximum absolute atomic E-state index is 11.9. The van der Waals surface area contributed by atoms with Crippen molar-refractivity contribution in [3.05, 3.63) is 65.2 Å². The Morgan fingerprint density at radius 1 is 1.15 bits per heavy atom. The Bertz CT molecular complexity index is 596. The number of anilines is 1. The molecule has 0 fully saturated rings. The second-order valence-corrected chi connectivity index (χ2v) is 4.55. The lowest BCUT2D eigenvalue weighted by molar-refractivity contribution is 0.224. The molecule has 0 bridgehead atoms. The fourth-order valence-electron chi connectivity index (χ4n) is 1.48. The molecule has 0 saturated heterocycles. The largest absolute Gasteiger partial charge is 0.341 e. The number of nitrogens with zero attached hydrogens (tertiary/aromatic N) is 2. The molecule has 0 atom stereocenters. The summed E-state index contributed by atoms with van der Waals surface area (Å²) in [5, 5.41) is 8.71. The first-order valence-electron chi connectivity index (χ1n) is 6.04. The van der Waals surface area contributed by atoms with Gasteiger partial charge in [0.15, 0.2) is 0 Å². The summed E-state index contributed by atoms with van der Waals surface area (Å²) in [5.74, 6) is 0. The lowest BCUT2D eigenvalue weighted by Crippen LogP contribution is -2.26. The molecule has 0 radical (unpaired) electrons. The minimum absolute atomic E-state index is 0.304. The SMILES string of the molecule is CN(/N=C/c1ccc(Cl)cc1)C(=O)Nc1ccccc1. The molecule has 1 N–H and O–H groups in total. The summed E-state index contributed by atoms with van der Waals surface area (Å²) in [6, 6.07) is 16.1. The van der Waals surface area contributed by atoms with Crippen LogP contribution in [0.1, 0.15) is 5.56 Å². The average molecular weight is 288 g/mol. The van der Waals surface area contributed by atoms with Crippen LogP contribution >= 0.6 is 11.6 Å². The van der Waals surface area contributed by atoms with Crippen LogP contribution in [0.4, 0.5) is 10.5 Å². The van der Waals surface area contributed by atoms with E-state index < -0.39 is 0 Å². The molecule has 20 heavy (non-hydrogen) atoms. The molecule has 0 aromatic heterocycles. The van der Waals surface area contributed by atoms with Gasteiger partial charge in [-0.2, -0.15) is 5.10 Å². The Morgan fingerprint density at radius 2 is 1.80 bits per heavy atom. The molecule has 0 aliphatic carbocycles. The number of benzene rings is 2. The van der Waals surface area contributed by atoms with E-state index in [1.165, 1.54) is 5.01 Å². The first-order chi connectivity index (χ1) is 9.65. The second kappa shape index (κ2) is 6.73. The molecule has 5 heteroatoms. The summed E-state index contributed by atoms with van der Waals surface area (Å²) in [7, 11) is 1.59. The highest BCUT2D eigenvalue weighted by Crippen LogP contribution is 2.08. The molecule has 2 rings (SSSR count). The van der Waals surface area contributed by atoms with Gasteiger partial charge in [0.05, 0.1) is 6.21 Å². The standard InChI is InChI=1S/C15H14ClN3O/c1-19(15(20)18-14-5-3-2-4-6-14)17-11-12-7-9-13(16)10-8-12/h2-11H,1H3,(H,18,20)/b17-11+. The van der Waals surface area contributed by atoms with Crippen molar-refractivity contribution >= 4 is 29.5 Å². The Kier molecular flexibility index (Phi) is 4.74. The summed E-state index contributed by atoms with van der Waals surface area (Å²) < 4.78 is 0. The molecular formula is C15H14ClN3O. The van der Waals surface area contributed by atoms with E-state index in [4.69, 9.17) is 11.6 Å². The van der Waals surface area contributed by atoms with Crippen LogP contribution in [0.3, 0.4) is 0 Å². The zero-order valence-electron chi connectivity index (χ0n) is 11.0. The maximum Gasteiger partial charge on any atom is 0.341 e. The van der Waals surface area contributed by atoms with Crippen LogP contribution < -0.4 is 5.32 Å². The molecule has 2 aromatic rings. The monoisotopic (exact) mass is 287 g/mol. The molecule has 0 aliphatic rings. The number of nitrogens with one attached hydrogen (secondary N) is 1. The van der Waals surface area contributed by atoms with Gasteiger partial charge in [-0.25, -0.2) is 9.80 Å². The van der Waals surface area contributed by atoms with Crippen LogP contribution in [-0.2, 0) is 0 Å². The smallest absolute Gasteiger partial charge is 0.306 e. The number of urea groups is 1. The number of para-hydroxylation sites is 1. The third kappa shape index (κ3) is 4.10. The highest BCUT2D eigenvalue weighted by atomic mass is 35.5. The van der Waals surface area contributed by atoms with Crippen LogP contribution in [0.2, 0.25) is 5.02 Å². The zero-order chi connectivity index (χ0) is 14.4. The van der Waals surface area contributed by atoms with Crippen LogP contribution in [0.5, 0.6) is 0 Å². The minimum Gasteiger partial charge on any atom is -0.306 e.